The highest BCUT2D eigenvalue weighted by molar-refractivity contribution is 6.38. The molecule has 2 N–H and O–H groups in total. The maximum absolute atomic E-state index is 14.3. The van der Waals surface area contributed by atoms with Gasteiger partial charge >= 0.3 is 6.09 Å². The lowest BCUT2D eigenvalue weighted by atomic mass is 9.83. The smallest absolute Gasteiger partial charge is 0.408 e. The van der Waals surface area contributed by atoms with Crippen molar-refractivity contribution in [2.24, 2.45) is 11.8 Å². The highest BCUT2D eigenvalue weighted by Gasteiger charge is 2.45. The molecule has 0 bridgehead atoms. The minimum atomic E-state index is -0.905. The fraction of sp³-hybridized carbons (Fsp3) is 0.633. The molecular weight excluding hydrogens is 498 g/mol. The fourth-order valence-corrected chi connectivity index (χ4v) is 5.73. The molecule has 212 valence electrons. The number of ether oxygens (including phenoxy) is 1. The van der Waals surface area contributed by atoms with Crippen LogP contribution < -0.4 is 15.5 Å². The van der Waals surface area contributed by atoms with Crippen LogP contribution in [0.25, 0.3) is 0 Å². The highest BCUT2D eigenvalue weighted by atomic mass is 16.6. The molecule has 3 aliphatic rings. The monoisotopic (exact) mass is 539 g/mol. The van der Waals surface area contributed by atoms with Crippen molar-refractivity contribution in [1.29, 1.82) is 0 Å². The van der Waals surface area contributed by atoms with E-state index in [1.165, 1.54) is 11.8 Å². The number of para-hydroxylation sites is 1. The summed E-state index contributed by atoms with van der Waals surface area (Å²) in [7, 11) is 0. The third kappa shape index (κ3) is 7.25. The first-order valence-corrected chi connectivity index (χ1v) is 14.2. The fourth-order valence-electron chi connectivity index (χ4n) is 5.73. The molecule has 2 aliphatic carbocycles. The van der Waals surface area contributed by atoms with Crippen LogP contribution in [0.4, 0.5) is 10.5 Å². The Morgan fingerprint density at radius 3 is 2.26 bits per heavy atom. The molecular formula is C30H41N3O6. The van der Waals surface area contributed by atoms with E-state index in [0.29, 0.717) is 18.0 Å². The molecule has 1 heterocycles. The summed E-state index contributed by atoms with van der Waals surface area (Å²) in [4.78, 5) is 66.8. The molecule has 0 saturated heterocycles. The van der Waals surface area contributed by atoms with Crippen molar-refractivity contribution in [3.8, 4) is 0 Å². The molecule has 3 amide bonds. The van der Waals surface area contributed by atoms with Gasteiger partial charge in [-0.25, -0.2) is 4.79 Å². The van der Waals surface area contributed by atoms with Crippen LogP contribution in [0.3, 0.4) is 0 Å². The first-order chi connectivity index (χ1) is 18.4. The minimum Gasteiger partial charge on any atom is -0.444 e. The zero-order valence-electron chi connectivity index (χ0n) is 23.5. The van der Waals surface area contributed by atoms with Gasteiger partial charge in [-0.05, 0) is 63.5 Å². The Morgan fingerprint density at radius 2 is 1.64 bits per heavy atom. The number of anilines is 1. The molecule has 3 atom stereocenters. The third-order valence-electron chi connectivity index (χ3n) is 7.82. The van der Waals surface area contributed by atoms with E-state index >= 15 is 0 Å². The SMILES string of the molecule is CC(=O)C(=O)C(CC1CC1)NC(=O)[C@@H]1Cc2ccccc2N1C(=O)[C@@H](NC(=O)OC(C)(C)C)C1CCCCC1. The van der Waals surface area contributed by atoms with E-state index in [1.807, 2.05) is 18.2 Å². The lowest BCUT2D eigenvalue weighted by molar-refractivity contribution is -0.138. The molecule has 0 spiro atoms. The number of benzene rings is 1. The zero-order valence-corrected chi connectivity index (χ0v) is 23.5. The van der Waals surface area contributed by atoms with E-state index in [1.54, 1.807) is 26.8 Å². The number of rotatable bonds is 9. The molecule has 9 nitrogen and oxygen atoms in total. The van der Waals surface area contributed by atoms with Crippen LogP contribution in [0.2, 0.25) is 0 Å². The lowest BCUT2D eigenvalue weighted by Crippen LogP contribution is -2.59. The Hall–Kier alpha value is -3.23. The molecule has 9 heteroatoms. The lowest BCUT2D eigenvalue weighted by Gasteiger charge is -2.35. The molecule has 39 heavy (non-hydrogen) atoms. The van der Waals surface area contributed by atoms with Gasteiger partial charge in [0.2, 0.25) is 11.7 Å². The average molecular weight is 540 g/mol. The predicted octanol–water partition coefficient (Wildman–Crippen LogP) is 3.86. The maximum Gasteiger partial charge on any atom is 0.408 e. The quantitative estimate of drug-likeness (QED) is 0.460. The van der Waals surface area contributed by atoms with E-state index in [2.05, 4.69) is 10.6 Å². The van der Waals surface area contributed by atoms with Gasteiger partial charge in [-0.1, -0.05) is 50.3 Å². The summed E-state index contributed by atoms with van der Waals surface area (Å²) in [5.74, 6) is -1.82. The molecule has 2 saturated carbocycles. The van der Waals surface area contributed by atoms with Crippen molar-refractivity contribution in [1.82, 2.24) is 10.6 Å². The van der Waals surface area contributed by atoms with Crippen LogP contribution in [-0.2, 0) is 30.3 Å². The van der Waals surface area contributed by atoms with E-state index < -0.39 is 47.3 Å². The summed E-state index contributed by atoms with van der Waals surface area (Å²) in [5.41, 5.74) is 0.723. The number of Topliss-reactive ketones (excluding diaryl/α,β-unsaturated/α-hetero) is 2. The summed E-state index contributed by atoms with van der Waals surface area (Å²) in [6.07, 6.45) is 6.54. The number of amides is 3. The van der Waals surface area contributed by atoms with Crippen LogP contribution in [0.5, 0.6) is 0 Å². The highest BCUT2D eigenvalue weighted by Crippen LogP contribution is 2.36. The van der Waals surface area contributed by atoms with Crippen molar-refractivity contribution >= 4 is 35.2 Å². The predicted molar refractivity (Wildman–Crippen MR) is 146 cm³/mol. The minimum absolute atomic E-state index is 0.0860. The van der Waals surface area contributed by atoms with E-state index in [-0.39, 0.29) is 18.2 Å². The largest absolute Gasteiger partial charge is 0.444 e. The standard InChI is InChI=1S/C30H41N3O6/c1-18(34)26(35)22(16-19-14-15-19)31-27(36)24-17-21-12-8-9-13-23(21)33(24)28(37)25(20-10-6-5-7-11-20)32-29(38)39-30(2,3)4/h8-9,12-13,19-20,22,24-25H,5-7,10-11,14-17H2,1-4H3,(H,31,36)(H,32,38)/t22?,24-,25-/m0/s1. The number of nitrogens with zero attached hydrogens (tertiary/aromatic N) is 1. The second kappa shape index (κ2) is 11.9. The Kier molecular flexibility index (Phi) is 8.76. The number of alkyl carbamates (subject to hydrolysis) is 1. The van der Waals surface area contributed by atoms with E-state index in [4.69, 9.17) is 4.74 Å². The van der Waals surface area contributed by atoms with Crippen molar-refractivity contribution < 1.29 is 28.7 Å². The second-order valence-corrected chi connectivity index (χ2v) is 12.2. The number of hydrogen-bond acceptors (Lipinski definition) is 6. The van der Waals surface area contributed by atoms with Crippen molar-refractivity contribution in [2.75, 3.05) is 4.90 Å². The number of nitrogens with one attached hydrogen (secondary N) is 2. The molecule has 0 aromatic heterocycles. The van der Waals surface area contributed by atoms with Crippen molar-refractivity contribution in [3.05, 3.63) is 29.8 Å². The zero-order chi connectivity index (χ0) is 28.3. The van der Waals surface area contributed by atoms with Gasteiger partial charge in [0.15, 0.2) is 5.78 Å². The summed E-state index contributed by atoms with van der Waals surface area (Å²) >= 11 is 0. The van der Waals surface area contributed by atoms with Crippen LogP contribution in [-0.4, -0.2) is 53.2 Å². The Balaban J connectivity index is 1.61. The molecule has 1 aromatic carbocycles. The Labute approximate surface area is 230 Å². The number of carbonyl (C=O) groups excluding carboxylic acids is 5. The van der Waals surface area contributed by atoms with Gasteiger partial charge in [0.05, 0.1) is 6.04 Å². The molecule has 0 radical (unpaired) electrons. The molecule has 1 unspecified atom stereocenters. The Bertz CT molecular complexity index is 1120. The molecule has 4 rings (SSSR count). The van der Waals surface area contributed by atoms with Gasteiger partial charge in [-0.2, -0.15) is 0 Å². The second-order valence-electron chi connectivity index (χ2n) is 12.2. The molecule has 1 aromatic rings. The summed E-state index contributed by atoms with van der Waals surface area (Å²) < 4.78 is 5.49. The van der Waals surface area contributed by atoms with Gasteiger partial charge in [0.25, 0.3) is 5.91 Å². The van der Waals surface area contributed by atoms with Crippen molar-refractivity contribution in [2.45, 2.75) is 109 Å². The van der Waals surface area contributed by atoms with Crippen molar-refractivity contribution in [3.63, 3.8) is 0 Å². The number of hydrogen-bond donors (Lipinski definition) is 2. The van der Waals surface area contributed by atoms with Gasteiger partial charge in [0.1, 0.15) is 17.7 Å². The summed E-state index contributed by atoms with van der Waals surface area (Å²) in [6.45, 7) is 6.51. The number of ketones is 2. The average Bonchev–Trinajstić information content (AvgIpc) is 3.61. The first-order valence-electron chi connectivity index (χ1n) is 14.2. The normalized spacial score (nSPS) is 20.9. The summed E-state index contributed by atoms with van der Waals surface area (Å²) in [5, 5.41) is 5.64. The van der Waals surface area contributed by atoms with Gasteiger partial charge in [0, 0.05) is 19.0 Å². The van der Waals surface area contributed by atoms with Gasteiger partial charge < -0.3 is 15.4 Å². The van der Waals surface area contributed by atoms with E-state index in [9.17, 15) is 24.0 Å². The summed E-state index contributed by atoms with van der Waals surface area (Å²) in [6, 6.07) is 4.68. The van der Waals surface area contributed by atoms with Crippen LogP contribution in [0.15, 0.2) is 24.3 Å². The van der Waals surface area contributed by atoms with Gasteiger partial charge in [-0.3, -0.25) is 24.1 Å². The first kappa shape index (κ1) is 28.8. The third-order valence-corrected chi connectivity index (χ3v) is 7.82. The molecule has 2 fully saturated rings. The van der Waals surface area contributed by atoms with Gasteiger partial charge in [-0.15, -0.1) is 0 Å². The number of carbonyl (C=O) groups is 5. The molecule has 1 aliphatic heterocycles. The topological polar surface area (TPSA) is 122 Å². The number of fused-ring (bicyclic) bond motifs is 1. The van der Waals surface area contributed by atoms with Crippen LogP contribution in [0.1, 0.15) is 84.6 Å². The maximum atomic E-state index is 14.3. The van der Waals surface area contributed by atoms with E-state index in [0.717, 1.165) is 50.5 Å². The Morgan fingerprint density at radius 1 is 0.974 bits per heavy atom. The van der Waals surface area contributed by atoms with Crippen LogP contribution in [0, 0.1) is 11.8 Å². The van der Waals surface area contributed by atoms with Crippen LogP contribution >= 0.6 is 0 Å².